The molecule has 2 aromatic carbocycles. The molecule has 4 nitrogen and oxygen atoms in total. The van der Waals surface area contributed by atoms with Crippen LogP contribution in [0.25, 0.3) is 16.6 Å². The molecule has 1 aliphatic heterocycles. The van der Waals surface area contributed by atoms with Gasteiger partial charge in [-0.2, -0.15) is 0 Å². The van der Waals surface area contributed by atoms with Crippen molar-refractivity contribution in [3.05, 3.63) is 60.4 Å². The molecule has 0 saturated carbocycles. The Morgan fingerprint density at radius 2 is 1.84 bits per heavy atom. The number of benzene rings is 2. The van der Waals surface area contributed by atoms with Gasteiger partial charge < -0.3 is 13.6 Å². The molecule has 32 heavy (non-hydrogen) atoms. The fraction of sp³-hybridized carbons (Fsp3) is 0.444. The van der Waals surface area contributed by atoms with Gasteiger partial charge in [0.1, 0.15) is 5.82 Å². The van der Waals surface area contributed by atoms with E-state index in [1.165, 1.54) is 21.8 Å². The van der Waals surface area contributed by atoms with Crippen molar-refractivity contribution < 1.29 is 4.74 Å². The number of rotatable bonds is 6. The van der Waals surface area contributed by atoms with Crippen molar-refractivity contribution >= 4 is 34.2 Å². The van der Waals surface area contributed by atoms with Crippen molar-refractivity contribution in [2.45, 2.75) is 57.4 Å². The Balaban J connectivity index is 1.60. The number of fused-ring (bicyclic) bond motifs is 1. The molecular weight excluding hydrogens is 414 g/mol. The second kappa shape index (κ2) is 9.32. The largest absolute Gasteiger partial charge is 0.381 e. The second-order valence-corrected chi connectivity index (χ2v) is 11.1. The van der Waals surface area contributed by atoms with Gasteiger partial charge in [-0.25, -0.2) is 4.98 Å². The highest BCUT2D eigenvalue weighted by molar-refractivity contribution is 8.00. The highest BCUT2D eigenvalue weighted by Gasteiger charge is 2.25. The minimum absolute atomic E-state index is 0.00394. The molecule has 0 bridgehead atoms. The third kappa shape index (κ3) is 5.05. The van der Waals surface area contributed by atoms with Crippen LogP contribution in [0.5, 0.6) is 0 Å². The summed E-state index contributed by atoms with van der Waals surface area (Å²) in [6.45, 7) is 15.6. The van der Waals surface area contributed by atoms with Crippen molar-refractivity contribution in [3.63, 3.8) is 0 Å². The van der Waals surface area contributed by atoms with E-state index in [-0.39, 0.29) is 5.41 Å². The highest BCUT2D eigenvalue weighted by atomic mass is 32.2. The maximum Gasteiger partial charge on any atom is 0.115 e. The third-order valence-corrected chi connectivity index (χ3v) is 7.11. The molecule has 1 aliphatic rings. The van der Waals surface area contributed by atoms with E-state index < -0.39 is 0 Å². The van der Waals surface area contributed by atoms with Crippen molar-refractivity contribution in [3.8, 4) is 0 Å². The first-order chi connectivity index (χ1) is 15.2. The molecule has 0 amide bonds. The van der Waals surface area contributed by atoms with Gasteiger partial charge in [-0.15, -0.1) is 0 Å². The maximum atomic E-state index is 5.58. The first-order valence-electron chi connectivity index (χ1n) is 11.5. The van der Waals surface area contributed by atoms with E-state index in [0.29, 0.717) is 5.92 Å². The molecule has 0 unspecified atom stereocenters. The minimum atomic E-state index is -0.00394. The highest BCUT2D eigenvalue weighted by Crippen LogP contribution is 2.33. The number of aromatic nitrogens is 2. The second-order valence-electron chi connectivity index (χ2n) is 9.92. The molecule has 170 valence electrons. The van der Waals surface area contributed by atoms with E-state index in [0.717, 1.165) is 49.4 Å². The molecule has 0 radical (unpaired) electrons. The number of hydrogen-bond acceptors (Lipinski definition) is 4. The zero-order valence-corrected chi connectivity index (χ0v) is 20.8. The lowest BCUT2D eigenvalue weighted by Crippen LogP contribution is -2.25. The zero-order chi connectivity index (χ0) is 22.9. The van der Waals surface area contributed by atoms with E-state index in [4.69, 9.17) is 9.72 Å². The molecule has 1 fully saturated rings. The van der Waals surface area contributed by atoms with Crippen LogP contribution in [-0.4, -0.2) is 29.8 Å². The lowest BCUT2D eigenvalue weighted by atomic mass is 9.94. The third-order valence-electron chi connectivity index (χ3n) is 6.14. The number of ether oxygens (including phenoxy) is 1. The Morgan fingerprint density at radius 1 is 1.16 bits per heavy atom. The van der Waals surface area contributed by atoms with Crippen LogP contribution in [0.3, 0.4) is 0 Å². The van der Waals surface area contributed by atoms with Crippen LogP contribution in [0.4, 0.5) is 5.69 Å². The summed E-state index contributed by atoms with van der Waals surface area (Å²) in [4.78, 5) is 6.32. The van der Waals surface area contributed by atoms with Gasteiger partial charge in [0.25, 0.3) is 0 Å². The van der Waals surface area contributed by atoms with Crippen molar-refractivity contribution in [2.24, 2.45) is 5.92 Å². The standard InChI is InChI=1S/C27H35N3OS/c1-19(2)21-7-10-23(11-8-21)32-29(6)22-9-12-25-24(17-22)28-26(27(3,4)5)30(25)18-20-13-15-31-16-14-20/h7-12,17,20H,1,13-16,18H2,2-6H3. The topological polar surface area (TPSA) is 30.3 Å². The summed E-state index contributed by atoms with van der Waals surface area (Å²) in [5.74, 6) is 1.82. The lowest BCUT2D eigenvalue weighted by molar-refractivity contribution is 0.0611. The van der Waals surface area contributed by atoms with E-state index in [1.807, 2.05) is 6.92 Å². The SMILES string of the molecule is C=C(C)c1ccc(SN(C)c2ccc3c(c2)nc(C(C)(C)C)n3CC2CCOCC2)cc1. The molecule has 2 heterocycles. The number of imidazole rings is 1. The number of hydrogen-bond donors (Lipinski definition) is 0. The van der Waals surface area contributed by atoms with Gasteiger partial charge in [0, 0.05) is 42.8 Å². The van der Waals surface area contributed by atoms with Gasteiger partial charge in [-0.05, 0) is 73.5 Å². The van der Waals surface area contributed by atoms with Crippen LogP contribution in [-0.2, 0) is 16.7 Å². The van der Waals surface area contributed by atoms with Crippen LogP contribution in [0, 0.1) is 5.92 Å². The molecule has 0 aliphatic carbocycles. The molecule has 4 rings (SSSR count). The van der Waals surface area contributed by atoms with Crippen molar-refractivity contribution in [1.29, 1.82) is 0 Å². The Kier molecular flexibility index (Phi) is 6.68. The molecule has 1 saturated heterocycles. The Bertz CT molecular complexity index is 1090. The zero-order valence-electron chi connectivity index (χ0n) is 20.0. The van der Waals surface area contributed by atoms with Gasteiger partial charge in [0.15, 0.2) is 0 Å². The van der Waals surface area contributed by atoms with Gasteiger partial charge in [0.05, 0.1) is 11.0 Å². The first-order valence-corrected chi connectivity index (χ1v) is 12.3. The van der Waals surface area contributed by atoms with Crippen LogP contribution < -0.4 is 4.31 Å². The van der Waals surface area contributed by atoms with Crippen LogP contribution in [0.15, 0.2) is 53.9 Å². The lowest BCUT2D eigenvalue weighted by Gasteiger charge is -2.26. The van der Waals surface area contributed by atoms with E-state index in [9.17, 15) is 0 Å². The summed E-state index contributed by atoms with van der Waals surface area (Å²) in [5, 5.41) is 0. The number of nitrogens with zero attached hydrogens (tertiary/aromatic N) is 3. The molecule has 1 aromatic heterocycles. The molecular formula is C27H35N3OS. The van der Waals surface area contributed by atoms with Gasteiger partial charge in [-0.1, -0.05) is 45.1 Å². The minimum Gasteiger partial charge on any atom is -0.381 e. The Hall–Kier alpha value is -2.24. The maximum absolute atomic E-state index is 5.58. The number of anilines is 1. The summed E-state index contributed by atoms with van der Waals surface area (Å²) in [6.07, 6.45) is 2.26. The van der Waals surface area contributed by atoms with Gasteiger partial charge >= 0.3 is 0 Å². The van der Waals surface area contributed by atoms with Crippen molar-refractivity contribution in [2.75, 3.05) is 24.6 Å². The summed E-state index contributed by atoms with van der Waals surface area (Å²) < 4.78 is 10.2. The van der Waals surface area contributed by atoms with E-state index in [1.54, 1.807) is 11.9 Å². The molecule has 0 spiro atoms. The van der Waals surface area contributed by atoms with Gasteiger partial charge in [-0.3, -0.25) is 0 Å². The smallest absolute Gasteiger partial charge is 0.115 e. The average Bonchev–Trinajstić information content (AvgIpc) is 3.13. The molecule has 0 atom stereocenters. The molecule has 5 heteroatoms. The normalized spacial score (nSPS) is 15.3. The predicted molar refractivity (Wildman–Crippen MR) is 137 cm³/mol. The number of allylic oxidation sites excluding steroid dienone is 1. The summed E-state index contributed by atoms with van der Waals surface area (Å²) in [7, 11) is 2.11. The fourth-order valence-electron chi connectivity index (χ4n) is 4.27. The van der Waals surface area contributed by atoms with E-state index in [2.05, 4.69) is 85.7 Å². The monoisotopic (exact) mass is 449 g/mol. The van der Waals surface area contributed by atoms with Crippen LogP contribution in [0.1, 0.15) is 51.9 Å². The van der Waals surface area contributed by atoms with Crippen LogP contribution >= 0.6 is 11.9 Å². The first kappa shape index (κ1) is 22.9. The van der Waals surface area contributed by atoms with Crippen molar-refractivity contribution in [1.82, 2.24) is 9.55 Å². The molecule has 3 aromatic rings. The predicted octanol–water partition coefficient (Wildman–Crippen LogP) is 6.94. The Morgan fingerprint density at radius 3 is 2.47 bits per heavy atom. The Labute approximate surface area is 196 Å². The fourth-order valence-corrected chi connectivity index (χ4v) is 5.06. The molecule has 0 N–H and O–H groups in total. The van der Waals surface area contributed by atoms with E-state index >= 15 is 0 Å². The summed E-state index contributed by atoms with van der Waals surface area (Å²) in [6, 6.07) is 15.3. The van der Waals surface area contributed by atoms with Crippen LogP contribution in [0.2, 0.25) is 0 Å². The quantitative estimate of drug-likeness (QED) is 0.381. The average molecular weight is 450 g/mol. The summed E-state index contributed by atoms with van der Waals surface area (Å²) in [5.41, 5.74) is 5.73. The van der Waals surface area contributed by atoms with Gasteiger partial charge in [0.2, 0.25) is 0 Å². The summed E-state index contributed by atoms with van der Waals surface area (Å²) >= 11 is 1.73.